The van der Waals surface area contributed by atoms with Gasteiger partial charge in [0.05, 0.1) is 45.2 Å². The molecule has 0 aliphatic carbocycles. The lowest BCUT2D eigenvalue weighted by molar-refractivity contribution is -0.402. The first-order chi connectivity index (χ1) is 42.6. The Labute approximate surface area is 524 Å². The van der Waals surface area contributed by atoms with Crippen LogP contribution < -0.4 is 5.32 Å². The molecule has 0 aromatic carbocycles. The molecule has 0 bridgehead atoms. The van der Waals surface area contributed by atoms with Crippen molar-refractivity contribution in [1.29, 1.82) is 0 Å². The standard InChI is InChI=1S/C65H121NO22/c1-3-5-7-9-11-13-15-17-18-19-20-21-22-23-24-26-28-30-32-34-36-38-50(72)66-44(45(70)37-35-33-31-29-27-25-16-14-12-10-8-6-4-2)42-81-62-58(80)55(77)59(49(41-69)85-62)86-65-61(88-63-56(78)51(73)46(71)43-82-63)60(53(75)48(40-68)84-65)87-64-57(79)54(76)52(74)47(39-67)83-64/h35,37,44-49,51-65,67-71,73-80H,3-34,36,38-43H2,1-2H3,(H,66,72). The van der Waals surface area contributed by atoms with Crippen LogP contribution in [0.4, 0.5) is 0 Å². The fourth-order valence-electron chi connectivity index (χ4n) is 12.1. The molecule has 0 spiro atoms. The van der Waals surface area contributed by atoms with Crippen molar-refractivity contribution in [2.75, 3.05) is 33.0 Å². The molecule has 23 heteroatoms. The van der Waals surface area contributed by atoms with E-state index in [2.05, 4.69) is 19.2 Å². The van der Waals surface area contributed by atoms with Crippen LogP contribution in [0.1, 0.15) is 232 Å². The van der Waals surface area contributed by atoms with E-state index in [0.717, 1.165) is 44.9 Å². The van der Waals surface area contributed by atoms with Crippen LogP contribution in [0.3, 0.4) is 0 Å². The molecule has 21 atom stereocenters. The maximum absolute atomic E-state index is 13.5. The third-order valence-corrected chi connectivity index (χ3v) is 17.8. The number of aliphatic hydroxyl groups is 13. The highest BCUT2D eigenvalue weighted by molar-refractivity contribution is 5.76. The van der Waals surface area contributed by atoms with Crippen molar-refractivity contribution in [2.24, 2.45) is 0 Å². The lowest BCUT2D eigenvalue weighted by atomic mass is 9.95. The molecule has 14 N–H and O–H groups in total. The summed E-state index contributed by atoms with van der Waals surface area (Å²) in [5, 5.41) is 144. The van der Waals surface area contributed by atoms with E-state index in [4.69, 9.17) is 37.9 Å². The van der Waals surface area contributed by atoms with E-state index in [-0.39, 0.29) is 12.3 Å². The van der Waals surface area contributed by atoms with Crippen molar-refractivity contribution in [2.45, 2.75) is 361 Å². The van der Waals surface area contributed by atoms with E-state index >= 15 is 0 Å². The first-order valence-corrected chi connectivity index (χ1v) is 34.4. The maximum atomic E-state index is 13.5. The van der Waals surface area contributed by atoms with E-state index in [0.29, 0.717) is 12.8 Å². The predicted octanol–water partition coefficient (Wildman–Crippen LogP) is 4.62. The predicted molar refractivity (Wildman–Crippen MR) is 327 cm³/mol. The third kappa shape index (κ3) is 28.1. The van der Waals surface area contributed by atoms with Crippen molar-refractivity contribution in [3.05, 3.63) is 12.2 Å². The molecule has 4 saturated heterocycles. The number of rotatable bonds is 49. The summed E-state index contributed by atoms with van der Waals surface area (Å²) in [5.74, 6) is -0.308. The maximum Gasteiger partial charge on any atom is 0.220 e. The van der Waals surface area contributed by atoms with E-state index in [9.17, 15) is 71.2 Å². The van der Waals surface area contributed by atoms with Crippen molar-refractivity contribution < 1.29 is 109 Å². The lowest BCUT2D eigenvalue weighted by Crippen LogP contribution is -2.68. The quantitative estimate of drug-likeness (QED) is 0.0292. The van der Waals surface area contributed by atoms with Crippen molar-refractivity contribution >= 4 is 5.91 Å². The number of unbranched alkanes of at least 4 members (excludes halogenated alkanes) is 31. The molecule has 4 aliphatic rings. The Hall–Kier alpha value is -1.63. The van der Waals surface area contributed by atoms with Gasteiger partial charge in [0.2, 0.25) is 5.91 Å². The number of hydrogen-bond acceptors (Lipinski definition) is 22. The van der Waals surface area contributed by atoms with Gasteiger partial charge < -0.3 is 110 Å². The van der Waals surface area contributed by atoms with E-state index < -0.39 is 162 Å². The molecular weight excluding hydrogens is 1150 g/mol. The summed E-state index contributed by atoms with van der Waals surface area (Å²) in [4.78, 5) is 13.5. The van der Waals surface area contributed by atoms with Gasteiger partial charge in [0.15, 0.2) is 25.2 Å². The smallest absolute Gasteiger partial charge is 0.220 e. The van der Waals surface area contributed by atoms with Gasteiger partial charge in [-0.3, -0.25) is 4.79 Å². The van der Waals surface area contributed by atoms with Gasteiger partial charge in [-0.25, -0.2) is 0 Å². The summed E-state index contributed by atoms with van der Waals surface area (Å²) < 4.78 is 47.0. The second kappa shape index (κ2) is 46.5. The van der Waals surface area contributed by atoms with Crippen molar-refractivity contribution in [3.8, 4) is 0 Å². The van der Waals surface area contributed by atoms with Crippen LogP contribution in [0.5, 0.6) is 0 Å². The number of amides is 1. The fraction of sp³-hybridized carbons (Fsp3) is 0.954. The number of carbonyl (C=O) groups is 1. The topological polar surface area (TPSA) is 366 Å². The molecule has 21 unspecified atom stereocenters. The fourth-order valence-corrected chi connectivity index (χ4v) is 12.1. The highest BCUT2D eigenvalue weighted by atomic mass is 16.8. The van der Waals surface area contributed by atoms with Gasteiger partial charge in [0, 0.05) is 6.42 Å². The Morgan fingerprint density at radius 2 is 0.852 bits per heavy atom. The van der Waals surface area contributed by atoms with Gasteiger partial charge in [-0.15, -0.1) is 0 Å². The van der Waals surface area contributed by atoms with Gasteiger partial charge in [0.1, 0.15) is 91.6 Å². The minimum Gasteiger partial charge on any atom is -0.394 e. The minimum absolute atomic E-state index is 0.211. The summed E-state index contributed by atoms with van der Waals surface area (Å²) in [5.41, 5.74) is 0. The Bertz CT molecular complexity index is 1760. The van der Waals surface area contributed by atoms with Crippen LogP contribution in [-0.2, 0) is 42.7 Å². The van der Waals surface area contributed by atoms with Crippen LogP contribution >= 0.6 is 0 Å². The molecule has 4 aliphatic heterocycles. The molecular formula is C65H121NO22. The molecule has 23 nitrogen and oxygen atoms in total. The van der Waals surface area contributed by atoms with Crippen molar-refractivity contribution in [1.82, 2.24) is 5.32 Å². The Kier molecular flexibility index (Phi) is 41.6. The molecule has 0 saturated carbocycles. The minimum atomic E-state index is -2.02. The molecule has 88 heavy (non-hydrogen) atoms. The van der Waals surface area contributed by atoms with Gasteiger partial charge in [0.25, 0.3) is 0 Å². The largest absolute Gasteiger partial charge is 0.394 e. The summed E-state index contributed by atoms with van der Waals surface area (Å²) in [6.07, 6.45) is 8.03. The highest BCUT2D eigenvalue weighted by Gasteiger charge is 2.56. The number of ether oxygens (including phenoxy) is 8. The Balaban J connectivity index is 1.34. The Morgan fingerprint density at radius 3 is 1.35 bits per heavy atom. The molecule has 0 aromatic rings. The Morgan fingerprint density at radius 1 is 0.443 bits per heavy atom. The number of nitrogens with one attached hydrogen (secondary N) is 1. The SMILES string of the molecule is CCCCCCCCCCCCCC=CC(O)C(COC1OC(CO)C(OC2OC(CO)C(O)C(OC3OC(CO)C(O)C(O)C3O)C2OC2OCC(O)C(O)C2O)C(O)C1O)NC(=O)CCCCCCCCCCCCCCCCCCCCCCC. The molecule has 0 aromatic heterocycles. The highest BCUT2D eigenvalue weighted by Crippen LogP contribution is 2.36. The van der Waals surface area contributed by atoms with E-state index in [1.807, 2.05) is 6.08 Å². The zero-order chi connectivity index (χ0) is 64.1. The van der Waals surface area contributed by atoms with E-state index in [1.165, 1.54) is 154 Å². The molecule has 0 radical (unpaired) electrons. The van der Waals surface area contributed by atoms with Crippen LogP contribution in [0.15, 0.2) is 12.2 Å². The second-order valence-electron chi connectivity index (χ2n) is 25.2. The lowest BCUT2D eigenvalue weighted by Gasteiger charge is -2.50. The average Bonchev–Trinajstić information content (AvgIpc) is 0.906. The molecule has 4 heterocycles. The second-order valence-corrected chi connectivity index (χ2v) is 25.2. The van der Waals surface area contributed by atoms with E-state index in [1.54, 1.807) is 6.08 Å². The van der Waals surface area contributed by atoms with Gasteiger partial charge in [-0.05, 0) is 19.3 Å². The first-order valence-electron chi connectivity index (χ1n) is 34.4. The monoisotopic (exact) mass is 1270 g/mol. The third-order valence-electron chi connectivity index (χ3n) is 17.8. The number of allylic oxidation sites excluding steroid dienone is 1. The summed E-state index contributed by atoms with van der Waals surface area (Å²) in [6, 6.07) is -1.03. The number of carbonyl (C=O) groups excluding carboxylic acids is 1. The summed E-state index contributed by atoms with van der Waals surface area (Å²) in [6.45, 7) is 0.840. The molecule has 518 valence electrons. The first kappa shape index (κ1) is 78.8. The normalized spacial score (nSPS) is 32.8. The average molecular weight is 1270 g/mol. The molecule has 1 amide bonds. The van der Waals surface area contributed by atoms with Gasteiger partial charge >= 0.3 is 0 Å². The van der Waals surface area contributed by atoms with Crippen LogP contribution in [-0.4, -0.2) is 234 Å². The number of aliphatic hydroxyl groups excluding tert-OH is 13. The number of hydrogen-bond donors (Lipinski definition) is 14. The molecule has 4 fully saturated rings. The van der Waals surface area contributed by atoms with Gasteiger partial charge in [-0.2, -0.15) is 0 Å². The van der Waals surface area contributed by atoms with Crippen LogP contribution in [0.2, 0.25) is 0 Å². The van der Waals surface area contributed by atoms with Crippen molar-refractivity contribution in [3.63, 3.8) is 0 Å². The molecule has 4 rings (SSSR count). The summed E-state index contributed by atoms with van der Waals surface area (Å²) in [7, 11) is 0. The van der Waals surface area contributed by atoms with Crippen LogP contribution in [0, 0.1) is 0 Å². The van der Waals surface area contributed by atoms with Crippen LogP contribution in [0.25, 0.3) is 0 Å². The van der Waals surface area contributed by atoms with Gasteiger partial charge in [-0.1, -0.05) is 219 Å². The summed E-state index contributed by atoms with van der Waals surface area (Å²) >= 11 is 0. The zero-order valence-corrected chi connectivity index (χ0v) is 53.3. The zero-order valence-electron chi connectivity index (χ0n) is 53.3.